The zero-order valence-electron chi connectivity index (χ0n) is 19.1. The molecule has 8 heteroatoms. The van der Waals surface area contributed by atoms with Gasteiger partial charge in [0.1, 0.15) is 5.75 Å². The van der Waals surface area contributed by atoms with Crippen molar-refractivity contribution in [2.75, 3.05) is 38.5 Å². The molecule has 0 unspecified atom stereocenters. The number of benzene rings is 1. The molecule has 0 aliphatic carbocycles. The number of amides is 1. The lowest BCUT2D eigenvalue weighted by molar-refractivity contribution is 0.110. The zero-order valence-corrected chi connectivity index (χ0v) is 19.9. The van der Waals surface area contributed by atoms with Gasteiger partial charge in [-0.1, -0.05) is 30.0 Å². The molecule has 7 nitrogen and oxygen atoms in total. The molecule has 1 aliphatic heterocycles. The molecule has 4 rings (SSSR count). The number of aryl methyl sites for hydroxylation is 3. The lowest BCUT2D eigenvalue weighted by atomic mass is 10.1. The fraction of sp³-hybridized carbons (Fsp3) is 0.400. The van der Waals surface area contributed by atoms with E-state index in [1.807, 2.05) is 60.5 Å². The van der Waals surface area contributed by atoms with Crippen LogP contribution in [-0.2, 0) is 19.9 Å². The van der Waals surface area contributed by atoms with Crippen LogP contribution < -0.4 is 4.74 Å². The van der Waals surface area contributed by atoms with Crippen LogP contribution in [-0.4, -0.2) is 68.9 Å². The Morgan fingerprint density at radius 3 is 2.55 bits per heavy atom. The molecule has 0 saturated carbocycles. The molecular formula is C25H31N5O2S. The Morgan fingerprint density at radius 2 is 1.85 bits per heavy atom. The predicted molar refractivity (Wildman–Crippen MR) is 131 cm³/mol. The minimum atomic E-state index is -0.261. The van der Waals surface area contributed by atoms with E-state index in [0.29, 0.717) is 18.8 Å². The maximum absolute atomic E-state index is 12.6. The molecule has 3 heterocycles. The molecule has 0 radical (unpaired) electrons. The van der Waals surface area contributed by atoms with Crippen LogP contribution in [0.4, 0.5) is 4.79 Å². The summed E-state index contributed by atoms with van der Waals surface area (Å²) in [6.45, 7) is 4.21. The van der Waals surface area contributed by atoms with Crippen LogP contribution in [0.1, 0.15) is 17.5 Å². The normalized spacial score (nSPS) is 14.4. The van der Waals surface area contributed by atoms with E-state index in [2.05, 4.69) is 20.9 Å². The van der Waals surface area contributed by atoms with Gasteiger partial charge in [0.25, 0.3) is 0 Å². The fourth-order valence-electron chi connectivity index (χ4n) is 3.85. The van der Waals surface area contributed by atoms with E-state index in [4.69, 9.17) is 4.74 Å². The molecule has 0 bridgehead atoms. The minimum absolute atomic E-state index is 0.261. The van der Waals surface area contributed by atoms with Crippen LogP contribution in [0.3, 0.4) is 0 Å². The molecule has 1 fully saturated rings. The topological polar surface area (TPSA) is 63.5 Å². The molecule has 0 spiro atoms. The number of hydrogen-bond acceptors (Lipinski definition) is 6. The summed E-state index contributed by atoms with van der Waals surface area (Å²) in [6, 6.07) is 11.9. The molecule has 1 amide bonds. The van der Waals surface area contributed by atoms with Crippen molar-refractivity contribution in [1.29, 1.82) is 0 Å². The highest BCUT2D eigenvalue weighted by Crippen LogP contribution is 2.19. The lowest BCUT2D eigenvalue weighted by Crippen LogP contribution is -2.49. The predicted octanol–water partition coefficient (Wildman–Crippen LogP) is 3.90. The average molecular weight is 466 g/mol. The van der Waals surface area contributed by atoms with Crippen molar-refractivity contribution in [2.45, 2.75) is 24.4 Å². The van der Waals surface area contributed by atoms with Crippen molar-refractivity contribution < 1.29 is 9.53 Å². The molecule has 1 aliphatic rings. The Labute approximate surface area is 199 Å². The number of hydrogen-bond donors (Lipinski definition) is 0. The van der Waals surface area contributed by atoms with Gasteiger partial charge in [-0.3, -0.25) is 9.88 Å². The molecule has 0 N–H and O–H groups in total. The van der Waals surface area contributed by atoms with E-state index in [0.717, 1.165) is 49.8 Å². The van der Waals surface area contributed by atoms with Crippen molar-refractivity contribution in [3.8, 4) is 5.75 Å². The van der Waals surface area contributed by atoms with Crippen molar-refractivity contribution >= 4 is 17.9 Å². The van der Waals surface area contributed by atoms with Gasteiger partial charge in [0.2, 0.25) is 0 Å². The Bertz CT molecular complexity index is 1000. The summed E-state index contributed by atoms with van der Waals surface area (Å²) >= 11 is 1.74. The number of piperazine rings is 1. The maximum Gasteiger partial charge on any atom is 0.415 e. The molecule has 2 aromatic heterocycles. The quantitative estimate of drug-likeness (QED) is 0.447. The average Bonchev–Trinajstić information content (AvgIpc) is 3.26. The van der Waals surface area contributed by atoms with Gasteiger partial charge in [0, 0.05) is 63.8 Å². The fourth-order valence-corrected chi connectivity index (χ4v) is 4.77. The van der Waals surface area contributed by atoms with Crippen LogP contribution in [0.25, 0.3) is 0 Å². The Morgan fingerprint density at radius 1 is 1.03 bits per heavy atom. The molecule has 174 valence electrons. The number of carbonyl (C=O) groups is 1. The first kappa shape index (κ1) is 23.3. The number of rotatable bonds is 9. The number of imidazole rings is 1. The van der Waals surface area contributed by atoms with Gasteiger partial charge in [-0.05, 0) is 55.1 Å². The first-order valence-corrected chi connectivity index (χ1v) is 12.4. The van der Waals surface area contributed by atoms with Crippen LogP contribution in [0.2, 0.25) is 0 Å². The van der Waals surface area contributed by atoms with E-state index < -0.39 is 0 Å². The molecule has 0 atom stereocenters. The van der Waals surface area contributed by atoms with Crippen molar-refractivity contribution in [2.24, 2.45) is 7.05 Å². The van der Waals surface area contributed by atoms with Gasteiger partial charge < -0.3 is 14.2 Å². The van der Waals surface area contributed by atoms with Crippen molar-refractivity contribution in [1.82, 2.24) is 24.3 Å². The second-order valence-electron chi connectivity index (χ2n) is 8.22. The Hall–Kier alpha value is -2.84. The number of aromatic nitrogens is 3. The van der Waals surface area contributed by atoms with Crippen LogP contribution in [0.15, 0.2) is 66.3 Å². The summed E-state index contributed by atoms with van der Waals surface area (Å²) < 4.78 is 7.63. The lowest BCUT2D eigenvalue weighted by Gasteiger charge is -2.34. The SMILES string of the molecule is Cn1ccnc1SCCc1ccc(OC(=O)N2CCN(CCCc3cccnc3)CC2)cc1. The molecule has 1 saturated heterocycles. The summed E-state index contributed by atoms with van der Waals surface area (Å²) in [5.41, 5.74) is 2.49. The summed E-state index contributed by atoms with van der Waals surface area (Å²) in [5.74, 6) is 1.55. The number of carbonyl (C=O) groups excluding carboxylic acids is 1. The Kier molecular flexibility index (Phi) is 8.38. The van der Waals surface area contributed by atoms with Gasteiger partial charge in [-0.2, -0.15) is 0 Å². The highest BCUT2D eigenvalue weighted by Gasteiger charge is 2.22. The second-order valence-corrected chi connectivity index (χ2v) is 9.29. The highest BCUT2D eigenvalue weighted by molar-refractivity contribution is 7.99. The van der Waals surface area contributed by atoms with E-state index in [1.165, 1.54) is 11.1 Å². The third-order valence-corrected chi connectivity index (χ3v) is 6.88. The number of pyridine rings is 1. The van der Waals surface area contributed by atoms with Gasteiger partial charge in [0.05, 0.1) is 0 Å². The van der Waals surface area contributed by atoms with Gasteiger partial charge in [-0.15, -0.1) is 0 Å². The second kappa shape index (κ2) is 11.9. The maximum atomic E-state index is 12.6. The number of thioether (sulfide) groups is 1. The third-order valence-electron chi connectivity index (χ3n) is 5.82. The molecule has 1 aromatic carbocycles. The molecule has 33 heavy (non-hydrogen) atoms. The smallest absolute Gasteiger partial charge is 0.410 e. The van der Waals surface area contributed by atoms with E-state index >= 15 is 0 Å². The molecule has 3 aromatic rings. The van der Waals surface area contributed by atoms with Crippen molar-refractivity contribution in [3.05, 3.63) is 72.3 Å². The van der Waals surface area contributed by atoms with Gasteiger partial charge in [0.15, 0.2) is 5.16 Å². The summed E-state index contributed by atoms with van der Waals surface area (Å²) in [7, 11) is 2.00. The van der Waals surface area contributed by atoms with Gasteiger partial charge in [-0.25, -0.2) is 9.78 Å². The highest BCUT2D eigenvalue weighted by atomic mass is 32.2. The molecular weight excluding hydrogens is 434 g/mol. The summed E-state index contributed by atoms with van der Waals surface area (Å²) in [4.78, 5) is 25.3. The van der Waals surface area contributed by atoms with Crippen molar-refractivity contribution in [3.63, 3.8) is 0 Å². The zero-order chi connectivity index (χ0) is 22.9. The van der Waals surface area contributed by atoms with E-state index in [1.54, 1.807) is 22.9 Å². The standard InChI is InChI=1S/C25H31N5O2S/c1-28-14-12-27-24(28)33-19-10-21-6-8-23(9-7-21)32-25(31)30-17-15-29(16-18-30)13-3-5-22-4-2-11-26-20-22/h2,4,6-9,11-12,14,20H,3,5,10,13,15-19H2,1H3. The summed E-state index contributed by atoms with van der Waals surface area (Å²) in [5, 5.41) is 1.02. The van der Waals surface area contributed by atoms with Gasteiger partial charge >= 0.3 is 6.09 Å². The summed E-state index contributed by atoms with van der Waals surface area (Å²) in [6.07, 6.45) is 10.3. The monoisotopic (exact) mass is 465 g/mol. The third kappa shape index (κ3) is 7.07. The number of ether oxygens (including phenoxy) is 1. The van der Waals surface area contributed by atoms with Crippen LogP contribution in [0.5, 0.6) is 5.75 Å². The number of nitrogens with zero attached hydrogens (tertiary/aromatic N) is 5. The van der Waals surface area contributed by atoms with Crippen LogP contribution >= 0.6 is 11.8 Å². The first-order chi connectivity index (χ1) is 16.2. The first-order valence-electron chi connectivity index (χ1n) is 11.4. The largest absolute Gasteiger partial charge is 0.415 e. The van der Waals surface area contributed by atoms with E-state index in [-0.39, 0.29) is 6.09 Å². The van der Waals surface area contributed by atoms with E-state index in [9.17, 15) is 4.79 Å². The Balaban J connectivity index is 1.14. The van der Waals surface area contributed by atoms with Crippen LogP contribution in [0, 0.1) is 0 Å². The minimum Gasteiger partial charge on any atom is -0.410 e.